The summed E-state index contributed by atoms with van der Waals surface area (Å²) in [6.45, 7) is 7.38. The van der Waals surface area contributed by atoms with Crippen molar-refractivity contribution in [2.45, 2.75) is 90.9 Å². The van der Waals surface area contributed by atoms with E-state index in [-0.39, 0.29) is 0 Å². The van der Waals surface area contributed by atoms with E-state index < -0.39 is 0 Å². The topological polar surface area (TPSA) is 12.5 Å². The Hall–Kier alpha value is 0.200. The first-order chi connectivity index (χ1) is 10.7. The van der Waals surface area contributed by atoms with Crippen LogP contribution in [-0.4, -0.2) is 29.1 Å². The summed E-state index contributed by atoms with van der Waals surface area (Å²) in [6, 6.07) is 0. The molecule has 0 spiro atoms. The maximum Gasteiger partial charge on any atom is 0.218 e. The van der Waals surface area contributed by atoms with Crippen molar-refractivity contribution >= 4 is 29.2 Å². The van der Waals surface area contributed by atoms with Gasteiger partial charge in [0.15, 0.2) is 0 Å². The number of ether oxygens (including phenoxy) is 1. The average molecular weight is 348 g/mol. The second-order valence-electron chi connectivity index (χ2n) is 6.19. The van der Waals surface area contributed by atoms with Gasteiger partial charge in [0.1, 0.15) is 6.73 Å². The number of rotatable bonds is 16. The summed E-state index contributed by atoms with van der Waals surface area (Å²) in [6.07, 6.45) is 16.1. The summed E-state index contributed by atoms with van der Waals surface area (Å²) >= 11 is 8.95. The van der Waals surface area contributed by atoms with Gasteiger partial charge in [-0.05, 0) is 25.1 Å². The maximum atomic E-state index is 5.42. The lowest BCUT2D eigenvalue weighted by Gasteiger charge is -2.22. The lowest BCUT2D eigenvalue weighted by atomic mass is 10.1. The fraction of sp³-hybridized carbons (Fsp3) is 0.944. The first-order valence-electron chi connectivity index (χ1n) is 9.28. The van der Waals surface area contributed by atoms with E-state index in [1.54, 1.807) is 0 Å². The van der Waals surface area contributed by atoms with Crippen LogP contribution in [0, 0.1) is 0 Å². The smallest absolute Gasteiger partial charge is 0.218 e. The van der Waals surface area contributed by atoms with Crippen LogP contribution in [0.5, 0.6) is 0 Å². The summed E-state index contributed by atoms with van der Waals surface area (Å²) in [7, 11) is 0. The van der Waals surface area contributed by atoms with Crippen molar-refractivity contribution in [3.63, 3.8) is 0 Å². The Kier molecular flexibility index (Phi) is 17.7. The second-order valence-corrected chi connectivity index (χ2v) is 7.27. The molecule has 0 amide bonds. The molecule has 0 bridgehead atoms. The monoisotopic (exact) mass is 347 g/mol. The number of thiol groups is 1. The highest BCUT2D eigenvalue weighted by atomic mass is 32.1. The van der Waals surface area contributed by atoms with Gasteiger partial charge in [0.25, 0.3) is 0 Å². The molecule has 4 heteroatoms. The molecule has 0 N–H and O–H groups in total. The molecule has 22 heavy (non-hydrogen) atoms. The molecule has 0 saturated heterocycles. The van der Waals surface area contributed by atoms with Gasteiger partial charge in [-0.2, -0.15) is 0 Å². The van der Waals surface area contributed by atoms with Gasteiger partial charge in [-0.25, -0.2) is 0 Å². The molecule has 0 atom stereocenters. The molecule has 0 aromatic rings. The van der Waals surface area contributed by atoms with Crippen LogP contribution in [0.1, 0.15) is 90.9 Å². The van der Waals surface area contributed by atoms with Crippen molar-refractivity contribution in [3.05, 3.63) is 0 Å². The first-order valence-corrected chi connectivity index (χ1v) is 10.1. The second kappa shape index (κ2) is 17.6. The summed E-state index contributed by atoms with van der Waals surface area (Å²) < 4.78 is 5.77. The Morgan fingerprint density at radius 3 is 1.59 bits per heavy atom. The van der Waals surface area contributed by atoms with Crippen molar-refractivity contribution in [1.29, 1.82) is 0 Å². The summed E-state index contributed by atoms with van der Waals surface area (Å²) in [5, 5.41) is 0. The van der Waals surface area contributed by atoms with E-state index in [0.29, 0.717) is 11.1 Å². The van der Waals surface area contributed by atoms with Crippen LogP contribution < -0.4 is 0 Å². The Morgan fingerprint density at radius 1 is 0.773 bits per heavy atom. The van der Waals surface area contributed by atoms with Crippen molar-refractivity contribution < 1.29 is 4.74 Å². The van der Waals surface area contributed by atoms with Crippen LogP contribution >= 0.6 is 24.8 Å². The molecular weight excluding hydrogens is 310 g/mol. The number of hydrogen-bond donors (Lipinski definition) is 1. The Bertz CT molecular complexity index is 233. The summed E-state index contributed by atoms with van der Waals surface area (Å²) in [5.74, 6) is 0. The third-order valence-electron chi connectivity index (χ3n) is 4.03. The fourth-order valence-corrected chi connectivity index (χ4v) is 2.73. The van der Waals surface area contributed by atoms with E-state index in [2.05, 4.69) is 31.4 Å². The van der Waals surface area contributed by atoms with Crippen LogP contribution in [0.2, 0.25) is 0 Å². The SMILES string of the molecule is CCCCCCCCN(CCCCCCCC)COC(=S)S. The zero-order chi connectivity index (χ0) is 16.5. The van der Waals surface area contributed by atoms with Gasteiger partial charge in [0.2, 0.25) is 4.38 Å². The largest absolute Gasteiger partial charge is 0.463 e. The third kappa shape index (κ3) is 16.6. The van der Waals surface area contributed by atoms with Crippen molar-refractivity contribution in [2.75, 3.05) is 19.8 Å². The quantitative estimate of drug-likeness (QED) is 0.155. The van der Waals surface area contributed by atoms with E-state index >= 15 is 0 Å². The molecule has 2 nitrogen and oxygen atoms in total. The number of thiocarbonyl (C=S) groups is 1. The van der Waals surface area contributed by atoms with Crippen LogP contribution in [0.4, 0.5) is 0 Å². The van der Waals surface area contributed by atoms with Gasteiger partial charge >= 0.3 is 0 Å². The van der Waals surface area contributed by atoms with Crippen LogP contribution in [0.15, 0.2) is 0 Å². The van der Waals surface area contributed by atoms with Gasteiger partial charge in [0, 0.05) is 13.1 Å². The predicted molar refractivity (Wildman–Crippen MR) is 106 cm³/mol. The minimum atomic E-state index is 0.357. The standard InChI is InChI=1S/C18H37NOS2/c1-3-5-7-9-11-13-15-19(17-20-18(21)22)16-14-12-10-8-6-4-2/h3-17H2,1-2H3,(H,21,22). The minimum absolute atomic E-state index is 0.357. The van der Waals surface area contributed by atoms with E-state index in [0.717, 1.165) is 13.1 Å². The minimum Gasteiger partial charge on any atom is -0.463 e. The molecule has 0 fully saturated rings. The van der Waals surface area contributed by atoms with Crippen molar-refractivity contribution in [1.82, 2.24) is 4.90 Å². The van der Waals surface area contributed by atoms with Crippen LogP contribution in [0.25, 0.3) is 0 Å². The van der Waals surface area contributed by atoms with E-state index in [1.807, 2.05) is 0 Å². The van der Waals surface area contributed by atoms with Gasteiger partial charge in [-0.1, -0.05) is 90.7 Å². The van der Waals surface area contributed by atoms with Crippen LogP contribution in [0.3, 0.4) is 0 Å². The van der Waals surface area contributed by atoms with Crippen molar-refractivity contribution in [2.24, 2.45) is 0 Å². The van der Waals surface area contributed by atoms with Crippen molar-refractivity contribution in [3.8, 4) is 0 Å². The van der Waals surface area contributed by atoms with E-state index in [1.165, 1.54) is 77.0 Å². The number of unbranched alkanes of at least 4 members (excludes halogenated alkanes) is 10. The molecule has 0 aliphatic heterocycles. The predicted octanol–water partition coefficient (Wildman–Crippen LogP) is 6.20. The summed E-state index contributed by atoms with van der Waals surface area (Å²) in [4.78, 5) is 2.39. The van der Waals surface area contributed by atoms with Gasteiger partial charge in [-0.15, -0.1) is 0 Å². The Balaban J connectivity index is 3.72. The van der Waals surface area contributed by atoms with E-state index in [4.69, 9.17) is 17.0 Å². The molecule has 0 rings (SSSR count). The lowest BCUT2D eigenvalue weighted by Crippen LogP contribution is -2.29. The van der Waals surface area contributed by atoms with Gasteiger partial charge in [-0.3, -0.25) is 4.90 Å². The highest BCUT2D eigenvalue weighted by Crippen LogP contribution is 2.09. The highest BCUT2D eigenvalue weighted by Gasteiger charge is 2.05. The summed E-state index contributed by atoms with van der Waals surface area (Å²) in [5.41, 5.74) is 0. The molecule has 0 aromatic carbocycles. The first kappa shape index (κ1) is 22.2. The molecule has 0 aliphatic carbocycles. The number of nitrogens with zero attached hydrogens (tertiary/aromatic N) is 1. The van der Waals surface area contributed by atoms with E-state index in [9.17, 15) is 0 Å². The molecule has 0 radical (unpaired) electrons. The molecule has 132 valence electrons. The highest BCUT2D eigenvalue weighted by molar-refractivity contribution is 8.10. The Labute approximate surface area is 149 Å². The van der Waals surface area contributed by atoms with Gasteiger partial charge < -0.3 is 4.74 Å². The number of hydrogen-bond acceptors (Lipinski definition) is 3. The third-order valence-corrected chi connectivity index (χ3v) is 4.27. The lowest BCUT2D eigenvalue weighted by molar-refractivity contribution is 0.119. The molecule has 0 aromatic heterocycles. The molecule has 0 heterocycles. The molecule has 0 unspecified atom stereocenters. The fourth-order valence-electron chi connectivity index (χ4n) is 2.62. The average Bonchev–Trinajstić information content (AvgIpc) is 2.50. The normalized spacial score (nSPS) is 11.1. The molecule has 0 aliphatic rings. The maximum absolute atomic E-state index is 5.42. The zero-order valence-corrected chi connectivity index (χ0v) is 16.5. The van der Waals surface area contributed by atoms with Crippen LogP contribution in [-0.2, 0) is 4.74 Å². The zero-order valence-electron chi connectivity index (χ0n) is 14.8. The molecular formula is C18H37NOS2. The molecule has 0 saturated carbocycles. The van der Waals surface area contributed by atoms with Gasteiger partial charge in [0.05, 0.1) is 0 Å². The Morgan fingerprint density at radius 2 is 1.18 bits per heavy atom.